The number of para-hydroxylation sites is 1. The number of unbranched alkanes of at least 4 members (excludes halogenated alkanes) is 10. The van der Waals surface area contributed by atoms with E-state index in [0.29, 0.717) is 13.2 Å². The van der Waals surface area contributed by atoms with Gasteiger partial charge < -0.3 is 14.2 Å². The van der Waals surface area contributed by atoms with Gasteiger partial charge in [0.25, 0.3) is 0 Å². The van der Waals surface area contributed by atoms with E-state index in [1.807, 2.05) is 30.3 Å². The number of benzene rings is 3. The first kappa shape index (κ1) is 26.9. The molecule has 3 heteroatoms. The predicted molar refractivity (Wildman–Crippen MR) is 148 cm³/mol. The minimum Gasteiger partial charge on any atom is -0.489 e. The summed E-state index contributed by atoms with van der Waals surface area (Å²) in [6.07, 6.45) is 14.8. The van der Waals surface area contributed by atoms with Gasteiger partial charge in [-0.3, -0.25) is 0 Å². The summed E-state index contributed by atoms with van der Waals surface area (Å²) >= 11 is 0. The molecule has 0 fully saturated rings. The van der Waals surface area contributed by atoms with Crippen LogP contribution in [0, 0.1) is 0 Å². The predicted octanol–water partition coefficient (Wildman–Crippen LogP) is 10.1. The number of ether oxygens (including phenoxy) is 3. The lowest BCUT2D eigenvalue weighted by Crippen LogP contribution is -2.05. The van der Waals surface area contributed by atoms with Crippen LogP contribution in [-0.2, 0) is 0 Å². The van der Waals surface area contributed by atoms with Crippen molar-refractivity contribution in [3.8, 4) is 23.0 Å². The van der Waals surface area contributed by atoms with Gasteiger partial charge in [0.05, 0.1) is 13.2 Å². The largest absolute Gasteiger partial charge is 0.489 e. The Morgan fingerprint density at radius 1 is 0.543 bits per heavy atom. The molecule has 0 spiro atoms. The maximum Gasteiger partial charge on any atom is 0.204 e. The Bertz CT molecular complexity index is 967. The van der Waals surface area contributed by atoms with Gasteiger partial charge in [-0.1, -0.05) is 121 Å². The topological polar surface area (TPSA) is 27.7 Å². The van der Waals surface area contributed by atoms with Crippen LogP contribution in [0.1, 0.15) is 90.9 Å². The van der Waals surface area contributed by atoms with E-state index < -0.39 is 0 Å². The van der Waals surface area contributed by atoms with Crippen LogP contribution >= 0.6 is 0 Å². The fourth-order valence-corrected chi connectivity index (χ4v) is 4.36. The molecule has 0 bridgehead atoms. The molecule has 0 aliphatic rings. The molecule has 3 rings (SSSR count). The summed E-state index contributed by atoms with van der Waals surface area (Å²) in [5.41, 5.74) is 0. The molecular weight excluding hydrogens is 432 g/mol. The summed E-state index contributed by atoms with van der Waals surface area (Å²) in [5, 5.41) is 2.18. The lowest BCUT2D eigenvalue weighted by atomic mass is 10.1. The summed E-state index contributed by atoms with van der Waals surface area (Å²) in [6.45, 7) is 5.87. The van der Waals surface area contributed by atoms with Gasteiger partial charge in [0.2, 0.25) is 5.75 Å². The Balaban J connectivity index is 1.77. The minimum atomic E-state index is 0.670. The van der Waals surface area contributed by atoms with Crippen molar-refractivity contribution in [1.29, 1.82) is 0 Å². The van der Waals surface area contributed by atoms with Crippen molar-refractivity contribution < 1.29 is 14.2 Å². The Hall–Kier alpha value is -2.68. The maximum absolute atomic E-state index is 6.44. The van der Waals surface area contributed by atoms with Crippen LogP contribution in [0.4, 0.5) is 0 Å². The highest BCUT2D eigenvalue weighted by molar-refractivity contribution is 5.93. The third kappa shape index (κ3) is 9.12. The number of hydrogen-bond donors (Lipinski definition) is 0. The van der Waals surface area contributed by atoms with Gasteiger partial charge in [-0.15, -0.1) is 0 Å². The molecule has 190 valence electrons. The Morgan fingerprint density at radius 2 is 1.09 bits per heavy atom. The lowest BCUT2D eigenvalue weighted by molar-refractivity contribution is 0.253. The van der Waals surface area contributed by atoms with Crippen molar-refractivity contribution in [3.63, 3.8) is 0 Å². The molecule has 3 nitrogen and oxygen atoms in total. The molecule has 0 saturated carbocycles. The molecule has 0 unspecified atom stereocenters. The number of fused-ring (bicyclic) bond motifs is 1. The lowest BCUT2D eigenvalue weighted by Gasteiger charge is -2.19. The normalized spacial score (nSPS) is 11.0. The van der Waals surface area contributed by atoms with E-state index in [9.17, 15) is 0 Å². The molecule has 3 aromatic rings. The van der Waals surface area contributed by atoms with Crippen molar-refractivity contribution >= 4 is 10.8 Å². The second-order valence-corrected chi connectivity index (χ2v) is 9.40. The van der Waals surface area contributed by atoms with Gasteiger partial charge in [0, 0.05) is 5.39 Å². The fourth-order valence-electron chi connectivity index (χ4n) is 4.36. The van der Waals surface area contributed by atoms with Crippen molar-refractivity contribution in [3.05, 3.63) is 60.7 Å². The SMILES string of the molecule is CCCCCCCCOc1c(Oc2ccccc2)cc2ccccc2c1OCCCCCCCC. The quantitative estimate of drug-likeness (QED) is 0.171. The molecule has 3 aromatic carbocycles. The van der Waals surface area contributed by atoms with Crippen molar-refractivity contribution in [2.75, 3.05) is 13.2 Å². The Labute approximate surface area is 212 Å². The summed E-state index contributed by atoms with van der Waals surface area (Å²) in [6, 6.07) is 20.4. The van der Waals surface area contributed by atoms with Gasteiger partial charge in [-0.05, 0) is 36.4 Å². The van der Waals surface area contributed by atoms with Crippen LogP contribution in [-0.4, -0.2) is 13.2 Å². The monoisotopic (exact) mass is 476 g/mol. The standard InChI is InChI=1S/C32H44O3/c1-3-5-7-9-11-18-24-33-31-29-23-17-16-20-27(29)26-30(35-28-21-14-13-15-22-28)32(31)34-25-19-12-10-8-6-4-2/h13-17,20-23,26H,3-12,18-19,24-25H2,1-2H3. The highest BCUT2D eigenvalue weighted by Crippen LogP contribution is 2.45. The second-order valence-electron chi connectivity index (χ2n) is 9.40. The molecule has 0 N–H and O–H groups in total. The average molecular weight is 477 g/mol. The summed E-state index contributed by atoms with van der Waals surface area (Å²) in [4.78, 5) is 0. The van der Waals surface area contributed by atoms with Gasteiger partial charge >= 0.3 is 0 Å². The molecule has 0 radical (unpaired) electrons. The third-order valence-electron chi connectivity index (χ3n) is 6.38. The van der Waals surface area contributed by atoms with Crippen LogP contribution in [0.25, 0.3) is 10.8 Å². The van der Waals surface area contributed by atoms with Crippen LogP contribution in [0.3, 0.4) is 0 Å². The van der Waals surface area contributed by atoms with E-state index in [2.05, 4.69) is 44.2 Å². The first-order chi connectivity index (χ1) is 17.3. The molecule has 35 heavy (non-hydrogen) atoms. The molecule has 0 aliphatic carbocycles. The Morgan fingerprint density at radius 3 is 1.74 bits per heavy atom. The van der Waals surface area contributed by atoms with Gasteiger partial charge in [-0.25, -0.2) is 0 Å². The minimum absolute atomic E-state index is 0.670. The zero-order valence-electron chi connectivity index (χ0n) is 21.9. The number of rotatable bonds is 18. The average Bonchev–Trinajstić information content (AvgIpc) is 2.89. The molecule has 0 amide bonds. The highest BCUT2D eigenvalue weighted by atomic mass is 16.5. The molecule has 0 heterocycles. The van der Waals surface area contributed by atoms with Crippen LogP contribution < -0.4 is 14.2 Å². The van der Waals surface area contributed by atoms with Crippen molar-refractivity contribution in [2.45, 2.75) is 90.9 Å². The van der Waals surface area contributed by atoms with E-state index in [1.165, 1.54) is 64.2 Å². The van der Waals surface area contributed by atoms with Gasteiger partial charge in [0.1, 0.15) is 5.75 Å². The Kier molecular flexibility index (Phi) is 12.4. The second kappa shape index (κ2) is 16.1. The zero-order chi connectivity index (χ0) is 24.6. The molecule has 0 atom stereocenters. The van der Waals surface area contributed by atoms with Crippen LogP contribution in [0.2, 0.25) is 0 Å². The summed E-state index contributed by atoms with van der Waals surface area (Å²) in [7, 11) is 0. The highest BCUT2D eigenvalue weighted by Gasteiger charge is 2.18. The van der Waals surface area contributed by atoms with Crippen LogP contribution in [0.5, 0.6) is 23.0 Å². The molecular formula is C32H44O3. The molecule has 0 aliphatic heterocycles. The number of hydrogen-bond acceptors (Lipinski definition) is 3. The van der Waals surface area contributed by atoms with E-state index in [-0.39, 0.29) is 0 Å². The smallest absolute Gasteiger partial charge is 0.204 e. The van der Waals surface area contributed by atoms with E-state index in [0.717, 1.165) is 46.6 Å². The van der Waals surface area contributed by atoms with E-state index in [1.54, 1.807) is 0 Å². The van der Waals surface area contributed by atoms with Crippen LogP contribution in [0.15, 0.2) is 60.7 Å². The van der Waals surface area contributed by atoms with Gasteiger partial charge in [-0.2, -0.15) is 0 Å². The summed E-state index contributed by atoms with van der Waals surface area (Å²) in [5.74, 6) is 3.06. The molecule has 0 aromatic heterocycles. The maximum atomic E-state index is 6.44. The molecule has 0 saturated heterocycles. The van der Waals surface area contributed by atoms with Gasteiger partial charge in [0.15, 0.2) is 11.5 Å². The first-order valence-electron chi connectivity index (χ1n) is 13.9. The van der Waals surface area contributed by atoms with Crippen molar-refractivity contribution in [1.82, 2.24) is 0 Å². The summed E-state index contributed by atoms with van der Waals surface area (Å²) < 4.78 is 19.2. The van der Waals surface area contributed by atoms with Crippen molar-refractivity contribution in [2.24, 2.45) is 0 Å². The van der Waals surface area contributed by atoms with E-state index >= 15 is 0 Å². The zero-order valence-corrected chi connectivity index (χ0v) is 21.9. The first-order valence-corrected chi connectivity index (χ1v) is 13.9. The van der Waals surface area contributed by atoms with E-state index in [4.69, 9.17) is 14.2 Å². The fraction of sp³-hybridized carbons (Fsp3) is 0.500. The third-order valence-corrected chi connectivity index (χ3v) is 6.38.